The second kappa shape index (κ2) is 10.9. The molecule has 2 aliphatic heterocycles. The zero-order valence-electron chi connectivity index (χ0n) is 22.1. The predicted octanol–water partition coefficient (Wildman–Crippen LogP) is 4.70. The van der Waals surface area contributed by atoms with Gasteiger partial charge in [-0.1, -0.05) is 6.07 Å². The number of amides is 1. The highest BCUT2D eigenvalue weighted by Gasteiger charge is 2.29. The molecule has 1 amide bonds. The number of halogens is 1. The molecule has 2 aromatic heterocycles. The fraction of sp³-hybridized carbons (Fsp3) is 0.400. The lowest BCUT2D eigenvalue weighted by atomic mass is 9.87. The minimum atomic E-state index is -0.508. The highest BCUT2D eigenvalue weighted by Crippen LogP contribution is 2.34. The molecule has 1 fully saturated rings. The van der Waals surface area contributed by atoms with Crippen molar-refractivity contribution < 1.29 is 13.9 Å². The number of pyridine rings is 2. The molecule has 7 nitrogen and oxygen atoms in total. The van der Waals surface area contributed by atoms with E-state index in [0.29, 0.717) is 60.4 Å². The van der Waals surface area contributed by atoms with Crippen LogP contribution in [0.25, 0.3) is 11.1 Å². The van der Waals surface area contributed by atoms with Gasteiger partial charge < -0.3 is 14.5 Å². The molecular formula is C30H32FN5O2. The lowest BCUT2D eigenvalue weighted by molar-refractivity contribution is 0.0724. The molecule has 2 aliphatic rings. The number of hydrogen-bond donors (Lipinski definition) is 0. The van der Waals surface area contributed by atoms with Gasteiger partial charge >= 0.3 is 0 Å². The third-order valence-electron chi connectivity index (χ3n) is 7.64. The number of hydrogen-bond acceptors (Lipinski definition) is 6. The molecule has 0 N–H and O–H groups in total. The van der Waals surface area contributed by atoms with Gasteiger partial charge in [-0.2, -0.15) is 9.65 Å². The van der Waals surface area contributed by atoms with Crippen LogP contribution in [-0.2, 0) is 19.4 Å². The summed E-state index contributed by atoms with van der Waals surface area (Å²) in [5, 5.41) is 9.34. The number of carbonyl (C=O) groups is 1. The van der Waals surface area contributed by atoms with Crippen molar-refractivity contribution in [3.63, 3.8) is 0 Å². The monoisotopic (exact) mass is 513 g/mol. The number of nitrogens with zero attached hydrogens (tertiary/aromatic N) is 5. The number of aromatic nitrogens is 2. The zero-order chi connectivity index (χ0) is 26.8. The lowest BCUT2D eigenvalue weighted by Crippen LogP contribution is -2.46. The molecule has 0 radical (unpaired) electrons. The summed E-state index contributed by atoms with van der Waals surface area (Å²) in [6, 6.07) is 11.8. The Bertz CT molecular complexity index is 1420. The summed E-state index contributed by atoms with van der Waals surface area (Å²) < 4.78 is 19.4. The van der Waals surface area contributed by atoms with E-state index in [9.17, 15) is 14.4 Å². The Morgan fingerprint density at radius 1 is 1.18 bits per heavy atom. The molecule has 0 saturated carbocycles. The van der Waals surface area contributed by atoms with Crippen LogP contribution >= 0.6 is 0 Å². The van der Waals surface area contributed by atoms with Crippen molar-refractivity contribution in [3.05, 3.63) is 76.1 Å². The minimum absolute atomic E-state index is 0.0523. The van der Waals surface area contributed by atoms with Gasteiger partial charge in [0.25, 0.3) is 5.91 Å². The topological polar surface area (TPSA) is 82.3 Å². The molecule has 8 heteroatoms. The zero-order valence-corrected chi connectivity index (χ0v) is 22.1. The fourth-order valence-electron chi connectivity index (χ4n) is 5.35. The van der Waals surface area contributed by atoms with Crippen molar-refractivity contribution in [2.24, 2.45) is 0 Å². The van der Waals surface area contributed by atoms with E-state index in [1.54, 1.807) is 17.0 Å². The van der Waals surface area contributed by atoms with Crippen LogP contribution < -0.4 is 4.74 Å². The first kappa shape index (κ1) is 25.8. The first-order chi connectivity index (χ1) is 18.4. The molecule has 4 heterocycles. The quantitative estimate of drug-likeness (QED) is 0.406. The van der Waals surface area contributed by atoms with Crippen molar-refractivity contribution in [2.75, 3.05) is 26.2 Å². The molecule has 3 aromatic rings. The number of fused-ring (bicyclic) bond motifs is 1. The van der Waals surface area contributed by atoms with E-state index < -0.39 is 5.95 Å². The van der Waals surface area contributed by atoms with Crippen molar-refractivity contribution >= 4 is 5.91 Å². The summed E-state index contributed by atoms with van der Waals surface area (Å²) in [6.45, 7) is 9.25. The maximum atomic E-state index is 13.8. The Kier molecular flexibility index (Phi) is 7.39. The predicted molar refractivity (Wildman–Crippen MR) is 142 cm³/mol. The fourth-order valence-corrected chi connectivity index (χ4v) is 5.35. The van der Waals surface area contributed by atoms with Gasteiger partial charge in [0, 0.05) is 48.2 Å². The van der Waals surface area contributed by atoms with Gasteiger partial charge in [0.1, 0.15) is 17.4 Å². The van der Waals surface area contributed by atoms with Crippen LogP contribution in [0.15, 0.2) is 36.5 Å². The summed E-state index contributed by atoms with van der Waals surface area (Å²) in [4.78, 5) is 26.5. The van der Waals surface area contributed by atoms with Crippen molar-refractivity contribution in [1.29, 1.82) is 5.26 Å². The van der Waals surface area contributed by atoms with E-state index in [2.05, 4.69) is 33.9 Å². The second-order valence-corrected chi connectivity index (χ2v) is 10.1. The van der Waals surface area contributed by atoms with Crippen LogP contribution in [0.3, 0.4) is 0 Å². The van der Waals surface area contributed by atoms with Crippen LogP contribution in [0.4, 0.5) is 4.39 Å². The highest BCUT2D eigenvalue weighted by molar-refractivity contribution is 5.99. The van der Waals surface area contributed by atoms with E-state index in [4.69, 9.17) is 4.74 Å². The molecule has 1 aromatic carbocycles. The largest absolute Gasteiger partial charge is 0.492 e. The van der Waals surface area contributed by atoms with E-state index in [1.165, 1.54) is 18.7 Å². The van der Waals surface area contributed by atoms with Crippen molar-refractivity contribution in [2.45, 2.75) is 52.6 Å². The van der Waals surface area contributed by atoms with Crippen molar-refractivity contribution in [3.8, 4) is 22.9 Å². The Labute approximate surface area is 222 Å². The lowest BCUT2D eigenvalue weighted by Gasteiger charge is -2.38. The summed E-state index contributed by atoms with van der Waals surface area (Å²) in [7, 11) is 0. The summed E-state index contributed by atoms with van der Waals surface area (Å²) in [5.41, 5.74) is 6.23. The Balaban J connectivity index is 1.48. The summed E-state index contributed by atoms with van der Waals surface area (Å²) in [5.74, 6) is -0.0796. The first-order valence-corrected chi connectivity index (χ1v) is 13.2. The highest BCUT2D eigenvalue weighted by atomic mass is 19.1. The Hall–Kier alpha value is -3.83. The van der Waals surface area contributed by atoms with E-state index >= 15 is 0 Å². The molecule has 0 aliphatic carbocycles. The minimum Gasteiger partial charge on any atom is -0.492 e. The summed E-state index contributed by atoms with van der Waals surface area (Å²) >= 11 is 0. The van der Waals surface area contributed by atoms with Gasteiger partial charge in [-0.15, -0.1) is 0 Å². The van der Waals surface area contributed by atoms with Crippen LogP contribution in [-0.4, -0.2) is 58.0 Å². The third-order valence-corrected chi connectivity index (χ3v) is 7.64. The Morgan fingerprint density at radius 2 is 2.00 bits per heavy atom. The molecule has 38 heavy (non-hydrogen) atoms. The second-order valence-electron chi connectivity index (χ2n) is 10.1. The number of likely N-dealkylation sites (tertiary alicyclic amines) is 1. The van der Waals surface area contributed by atoms with Gasteiger partial charge in [-0.05, 0) is 81.5 Å². The first-order valence-electron chi connectivity index (χ1n) is 13.2. The molecule has 0 spiro atoms. The molecule has 5 rings (SSSR count). The number of nitriles is 1. The van der Waals surface area contributed by atoms with Gasteiger partial charge in [0.05, 0.1) is 18.8 Å². The van der Waals surface area contributed by atoms with E-state index in [-0.39, 0.29) is 5.91 Å². The molecule has 1 unspecified atom stereocenters. The van der Waals surface area contributed by atoms with Crippen LogP contribution in [0.1, 0.15) is 58.7 Å². The number of carbonyl (C=O) groups excluding carboxylic acids is 1. The molecule has 196 valence electrons. The van der Waals surface area contributed by atoms with E-state index in [0.717, 1.165) is 41.8 Å². The van der Waals surface area contributed by atoms with Gasteiger partial charge in [-0.25, -0.2) is 4.98 Å². The third kappa shape index (κ3) is 5.11. The Morgan fingerprint density at radius 3 is 2.68 bits per heavy atom. The average Bonchev–Trinajstić information content (AvgIpc) is 2.90. The summed E-state index contributed by atoms with van der Waals surface area (Å²) in [6.07, 6.45) is 4.23. The van der Waals surface area contributed by atoms with Gasteiger partial charge in [0.2, 0.25) is 5.95 Å². The number of aryl methyl sites for hydroxylation is 1. The molecule has 0 bridgehead atoms. The normalized spacial score (nSPS) is 17.1. The maximum absolute atomic E-state index is 13.8. The number of rotatable bonds is 8. The van der Waals surface area contributed by atoms with Crippen molar-refractivity contribution in [1.82, 2.24) is 19.8 Å². The number of ether oxygens (including phenoxy) is 1. The maximum Gasteiger partial charge on any atom is 0.254 e. The van der Waals surface area contributed by atoms with Gasteiger partial charge in [-0.3, -0.25) is 9.78 Å². The van der Waals surface area contributed by atoms with E-state index in [1.807, 2.05) is 19.9 Å². The molecular weight excluding hydrogens is 481 g/mol. The van der Waals surface area contributed by atoms with Crippen LogP contribution in [0, 0.1) is 24.2 Å². The SMILES string of the molecule is CCOc1cc(CN2CCc3c(cc(CCN4CCC4C)cc3-c3ccc(F)nc3C)C2=O)ncc1C#N. The average molecular weight is 514 g/mol. The molecule has 1 atom stereocenters. The van der Waals surface area contributed by atoms with Gasteiger partial charge in [0.15, 0.2) is 0 Å². The standard InChI is InChI=1S/C30H32FN5O2/c1-4-38-28-15-23(33-17-22(28)16-32)18-36-12-9-25-26(24-5-6-29(31)34-20(24)3)13-21(14-27(25)30(36)37)8-11-35-10-7-19(35)2/h5-6,13-15,17,19H,4,7-12,18H2,1-3H3. The molecule has 1 saturated heterocycles. The van der Waals surface area contributed by atoms with Crippen LogP contribution in [0.5, 0.6) is 5.75 Å². The van der Waals surface area contributed by atoms with Crippen LogP contribution in [0.2, 0.25) is 0 Å². The smallest absolute Gasteiger partial charge is 0.254 e. The number of benzene rings is 1.